The average Bonchev–Trinajstić information content (AvgIpc) is 2.49. The molecule has 0 fully saturated rings. The molecule has 23 heavy (non-hydrogen) atoms. The zero-order chi connectivity index (χ0) is 17.2. The summed E-state index contributed by atoms with van der Waals surface area (Å²) in [6, 6.07) is 8.65. The Kier molecular flexibility index (Phi) is 4.62. The van der Waals surface area contributed by atoms with E-state index in [2.05, 4.69) is 0 Å². The summed E-state index contributed by atoms with van der Waals surface area (Å²) in [6.45, 7) is 0.0390. The summed E-state index contributed by atoms with van der Waals surface area (Å²) in [7, 11) is -0.738. The maximum Gasteiger partial charge on any atom is 0.334 e. The highest BCUT2D eigenvalue weighted by Gasteiger charge is 2.18. The molecule has 0 radical (unpaired) electrons. The number of nitro groups is 1. The van der Waals surface area contributed by atoms with Crippen LogP contribution in [0.25, 0.3) is 0 Å². The number of benzene rings is 1. The van der Waals surface area contributed by atoms with Crippen molar-refractivity contribution in [2.75, 3.05) is 14.1 Å². The van der Waals surface area contributed by atoms with Crippen LogP contribution in [0, 0.1) is 10.1 Å². The molecule has 2 aromatic rings. The molecule has 0 bridgehead atoms. The Labute approximate surface area is 132 Å². The van der Waals surface area contributed by atoms with Crippen LogP contribution in [-0.2, 0) is 16.6 Å². The maximum absolute atomic E-state index is 12.1. The lowest BCUT2D eigenvalue weighted by Gasteiger charge is -2.12. The van der Waals surface area contributed by atoms with Gasteiger partial charge in [0.05, 0.1) is 16.4 Å². The van der Waals surface area contributed by atoms with Gasteiger partial charge in [-0.2, -0.15) is 0 Å². The quantitative estimate of drug-likeness (QED) is 0.599. The Bertz CT molecular complexity index is 903. The van der Waals surface area contributed by atoms with Crippen molar-refractivity contribution in [3.8, 4) is 0 Å². The van der Waals surface area contributed by atoms with Crippen molar-refractivity contribution in [3.63, 3.8) is 0 Å². The van der Waals surface area contributed by atoms with E-state index in [1.807, 2.05) is 0 Å². The van der Waals surface area contributed by atoms with Crippen molar-refractivity contribution in [2.45, 2.75) is 11.4 Å². The summed E-state index contributed by atoms with van der Waals surface area (Å²) in [5.41, 5.74) is -0.710. The van der Waals surface area contributed by atoms with Gasteiger partial charge in [-0.15, -0.1) is 0 Å². The Morgan fingerprint density at radius 3 is 2.52 bits per heavy atom. The lowest BCUT2D eigenvalue weighted by molar-refractivity contribution is -0.386. The molecule has 8 nitrogen and oxygen atoms in total. The normalized spacial score (nSPS) is 11.6. The van der Waals surface area contributed by atoms with Gasteiger partial charge in [-0.05, 0) is 23.8 Å². The molecule has 0 saturated carbocycles. The Morgan fingerprint density at radius 2 is 1.91 bits per heavy atom. The molecule has 0 aliphatic rings. The molecule has 0 N–H and O–H groups in total. The van der Waals surface area contributed by atoms with E-state index in [-0.39, 0.29) is 11.4 Å². The molecular formula is C14H15N3O5S. The molecule has 9 heteroatoms. The van der Waals surface area contributed by atoms with E-state index in [0.29, 0.717) is 5.56 Å². The minimum Gasteiger partial charge on any atom is -0.305 e. The van der Waals surface area contributed by atoms with E-state index in [0.717, 1.165) is 10.4 Å². The standard InChI is InChI=1S/C14H15N3O5S/c1-15(2)23(21,22)12-6-3-5-11(9-12)10-16-8-4-7-13(14(16)18)17(19)20/h3-9H,10H2,1-2H3. The highest BCUT2D eigenvalue weighted by atomic mass is 32.2. The molecule has 0 amide bonds. The van der Waals surface area contributed by atoms with Gasteiger partial charge in [0.25, 0.3) is 0 Å². The van der Waals surface area contributed by atoms with Gasteiger partial charge < -0.3 is 4.57 Å². The highest BCUT2D eigenvalue weighted by molar-refractivity contribution is 7.89. The van der Waals surface area contributed by atoms with E-state index in [1.165, 1.54) is 43.1 Å². The van der Waals surface area contributed by atoms with Crippen LogP contribution >= 0.6 is 0 Å². The van der Waals surface area contributed by atoms with E-state index in [4.69, 9.17) is 0 Å². The smallest absolute Gasteiger partial charge is 0.305 e. The van der Waals surface area contributed by atoms with E-state index >= 15 is 0 Å². The fourth-order valence-electron chi connectivity index (χ4n) is 2.00. The summed E-state index contributed by atoms with van der Waals surface area (Å²) < 4.78 is 26.5. The maximum atomic E-state index is 12.1. The van der Waals surface area contributed by atoms with Gasteiger partial charge in [-0.25, -0.2) is 12.7 Å². The molecule has 1 aromatic carbocycles. The number of hydrogen-bond donors (Lipinski definition) is 0. The van der Waals surface area contributed by atoms with Crippen LogP contribution in [0.5, 0.6) is 0 Å². The van der Waals surface area contributed by atoms with Crippen molar-refractivity contribution in [1.29, 1.82) is 0 Å². The number of nitrogens with zero attached hydrogens (tertiary/aromatic N) is 3. The molecule has 0 spiro atoms. The number of rotatable bonds is 5. The van der Waals surface area contributed by atoms with E-state index in [1.54, 1.807) is 12.1 Å². The topological polar surface area (TPSA) is 103 Å². The van der Waals surface area contributed by atoms with Crippen LogP contribution in [-0.4, -0.2) is 36.3 Å². The van der Waals surface area contributed by atoms with Crippen molar-refractivity contribution in [3.05, 3.63) is 68.6 Å². The van der Waals surface area contributed by atoms with Crippen molar-refractivity contribution < 1.29 is 13.3 Å². The predicted molar refractivity (Wildman–Crippen MR) is 83.8 cm³/mol. The van der Waals surface area contributed by atoms with Crippen LogP contribution in [0.3, 0.4) is 0 Å². The zero-order valence-corrected chi connectivity index (χ0v) is 13.4. The SMILES string of the molecule is CN(C)S(=O)(=O)c1cccc(Cn2cccc([N+](=O)[O-])c2=O)c1. The molecular weight excluding hydrogens is 322 g/mol. The molecule has 1 heterocycles. The molecule has 2 rings (SSSR count). The first-order valence-corrected chi connectivity index (χ1v) is 8.03. The fourth-order valence-corrected chi connectivity index (χ4v) is 2.97. The summed E-state index contributed by atoms with van der Waals surface area (Å²) >= 11 is 0. The van der Waals surface area contributed by atoms with Gasteiger partial charge in [0, 0.05) is 26.4 Å². The second kappa shape index (κ2) is 6.31. The Morgan fingerprint density at radius 1 is 1.22 bits per heavy atom. The van der Waals surface area contributed by atoms with Crippen molar-refractivity contribution >= 4 is 15.7 Å². The van der Waals surface area contributed by atoms with Crippen LogP contribution < -0.4 is 5.56 Å². The van der Waals surface area contributed by atoms with Crippen molar-refractivity contribution in [2.24, 2.45) is 0 Å². The molecule has 122 valence electrons. The molecule has 0 atom stereocenters. The van der Waals surface area contributed by atoms with Crippen molar-refractivity contribution in [1.82, 2.24) is 8.87 Å². The molecule has 0 saturated heterocycles. The molecule has 0 unspecified atom stereocenters. The fraction of sp³-hybridized carbons (Fsp3) is 0.214. The molecule has 1 aromatic heterocycles. The second-order valence-electron chi connectivity index (χ2n) is 5.02. The monoisotopic (exact) mass is 337 g/mol. The highest BCUT2D eigenvalue weighted by Crippen LogP contribution is 2.15. The first kappa shape index (κ1) is 16.8. The summed E-state index contributed by atoms with van der Waals surface area (Å²) in [6.07, 6.45) is 1.42. The lowest BCUT2D eigenvalue weighted by atomic mass is 10.2. The number of hydrogen-bond acceptors (Lipinski definition) is 5. The van der Waals surface area contributed by atoms with Crippen LogP contribution in [0.1, 0.15) is 5.56 Å². The van der Waals surface area contributed by atoms with Gasteiger partial charge in [-0.1, -0.05) is 12.1 Å². The minimum absolute atomic E-state index is 0.0390. The van der Waals surface area contributed by atoms with Crippen LogP contribution in [0.2, 0.25) is 0 Å². The largest absolute Gasteiger partial charge is 0.334 e. The lowest BCUT2D eigenvalue weighted by Crippen LogP contribution is -2.23. The minimum atomic E-state index is -3.59. The second-order valence-corrected chi connectivity index (χ2v) is 7.17. The first-order valence-electron chi connectivity index (χ1n) is 6.59. The number of sulfonamides is 1. The summed E-state index contributed by atoms with van der Waals surface area (Å²) in [5.74, 6) is 0. The van der Waals surface area contributed by atoms with Crippen LogP contribution in [0.15, 0.2) is 52.3 Å². The van der Waals surface area contributed by atoms with Gasteiger partial charge >= 0.3 is 11.2 Å². The molecule has 0 aliphatic carbocycles. The molecule has 0 aliphatic heterocycles. The number of pyridine rings is 1. The third-order valence-electron chi connectivity index (χ3n) is 3.23. The summed E-state index contributed by atoms with van der Waals surface area (Å²) in [5, 5.41) is 10.8. The van der Waals surface area contributed by atoms with Crippen LogP contribution in [0.4, 0.5) is 5.69 Å². The summed E-state index contributed by atoms with van der Waals surface area (Å²) in [4.78, 5) is 22.1. The first-order chi connectivity index (χ1) is 10.7. The third-order valence-corrected chi connectivity index (χ3v) is 5.04. The van der Waals surface area contributed by atoms with Gasteiger partial charge in [-0.3, -0.25) is 14.9 Å². The average molecular weight is 337 g/mol. The number of aromatic nitrogens is 1. The Hall–Kier alpha value is -2.52. The van der Waals surface area contributed by atoms with E-state index in [9.17, 15) is 23.3 Å². The van der Waals surface area contributed by atoms with E-state index < -0.39 is 26.2 Å². The predicted octanol–water partition coefficient (Wildman–Crippen LogP) is 1.06. The Balaban J connectivity index is 2.42. The van der Waals surface area contributed by atoms with Gasteiger partial charge in [0.15, 0.2) is 0 Å². The zero-order valence-electron chi connectivity index (χ0n) is 12.5. The van der Waals surface area contributed by atoms with Gasteiger partial charge in [0.2, 0.25) is 10.0 Å². The third kappa shape index (κ3) is 3.46. The van der Waals surface area contributed by atoms with Gasteiger partial charge in [0.1, 0.15) is 0 Å².